The molecule has 0 fully saturated rings. The van der Waals surface area contributed by atoms with Crippen LogP contribution in [-0.4, -0.2) is 0 Å². The fourth-order valence-electron chi connectivity index (χ4n) is 1.37. The van der Waals surface area contributed by atoms with Gasteiger partial charge >= 0.3 is 0 Å². The van der Waals surface area contributed by atoms with Crippen molar-refractivity contribution >= 4 is 5.69 Å². The summed E-state index contributed by atoms with van der Waals surface area (Å²) in [5.41, 5.74) is 7.52. The Morgan fingerprint density at radius 1 is 0.696 bits per heavy atom. The van der Waals surface area contributed by atoms with Crippen molar-refractivity contribution in [2.75, 3.05) is 5.73 Å². The molecule has 0 bridgehead atoms. The summed E-state index contributed by atoms with van der Waals surface area (Å²) < 4.78 is 5.59. The summed E-state index contributed by atoms with van der Waals surface area (Å²) in [5, 5.41) is 0. The molecule has 23 heavy (non-hydrogen) atoms. The van der Waals surface area contributed by atoms with Crippen LogP contribution in [0.1, 0.15) is 61.0 Å². The van der Waals surface area contributed by atoms with Crippen molar-refractivity contribution in [3.63, 3.8) is 0 Å². The predicted octanol–water partition coefficient (Wildman–Crippen LogP) is 6.95. The third-order valence-electron chi connectivity index (χ3n) is 2.10. The number of rotatable bonds is 3. The second kappa shape index (κ2) is 22.3. The molecule has 2 heteroatoms. The van der Waals surface area contributed by atoms with Crippen molar-refractivity contribution < 1.29 is 4.74 Å². The van der Waals surface area contributed by atoms with E-state index in [9.17, 15) is 0 Å². The van der Waals surface area contributed by atoms with E-state index in [1.165, 1.54) is 0 Å². The number of para-hydroxylation sites is 1. The molecular weight excluding hydrogens is 282 g/mol. The summed E-state index contributed by atoms with van der Waals surface area (Å²) in [6, 6.07) is 17.5. The summed E-state index contributed by atoms with van der Waals surface area (Å²) in [4.78, 5) is 0. The molecular formula is C21H37NO. The van der Waals surface area contributed by atoms with Gasteiger partial charge in [0.15, 0.2) is 0 Å². The Bertz CT molecular complexity index is 427. The normalized spacial score (nSPS) is 7.48. The zero-order valence-electron chi connectivity index (χ0n) is 16.4. The summed E-state index contributed by atoms with van der Waals surface area (Å²) >= 11 is 0. The number of hydrogen-bond donors (Lipinski definition) is 1. The number of nitrogens with two attached hydrogens (primary N) is 1. The fraction of sp³-hybridized carbons (Fsp3) is 0.429. The highest BCUT2D eigenvalue weighted by atomic mass is 16.5. The lowest BCUT2D eigenvalue weighted by molar-refractivity contribution is 0.306. The summed E-state index contributed by atoms with van der Waals surface area (Å²) in [6.07, 6.45) is 0. The Labute approximate surface area is 144 Å². The van der Waals surface area contributed by atoms with Crippen LogP contribution < -0.4 is 10.5 Å². The maximum Gasteiger partial charge on any atom is 0.119 e. The van der Waals surface area contributed by atoms with Crippen molar-refractivity contribution in [1.82, 2.24) is 0 Å². The zero-order valence-corrected chi connectivity index (χ0v) is 16.4. The molecule has 2 N–H and O–H groups in total. The van der Waals surface area contributed by atoms with E-state index in [0.717, 1.165) is 17.0 Å². The van der Waals surface area contributed by atoms with E-state index in [1.807, 2.05) is 110 Å². The van der Waals surface area contributed by atoms with Crippen molar-refractivity contribution in [1.29, 1.82) is 0 Å². The Balaban J connectivity index is -0.000000438. The summed E-state index contributed by atoms with van der Waals surface area (Å²) in [7, 11) is 0. The van der Waals surface area contributed by atoms with Gasteiger partial charge in [0.05, 0.1) is 0 Å². The van der Waals surface area contributed by atoms with Crippen LogP contribution in [0.2, 0.25) is 0 Å². The molecule has 0 aliphatic heterocycles. The van der Waals surface area contributed by atoms with E-state index in [4.69, 9.17) is 10.5 Å². The average molecular weight is 320 g/mol. The molecule has 0 saturated carbocycles. The first kappa shape index (κ1) is 26.0. The number of hydrogen-bond acceptors (Lipinski definition) is 2. The van der Waals surface area contributed by atoms with Crippen molar-refractivity contribution in [3.8, 4) is 5.75 Å². The van der Waals surface area contributed by atoms with Gasteiger partial charge in [0.1, 0.15) is 12.4 Å². The maximum absolute atomic E-state index is 5.67. The van der Waals surface area contributed by atoms with Gasteiger partial charge in [0.2, 0.25) is 0 Å². The third-order valence-corrected chi connectivity index (χ3v) is 2.10. The largest absolute Gasteiger partial charge is 0.489 e. The first-order chi connectivity index (χ1) is 11.3. The molecule has 0 heterocycles. The first-order valence-electron chi connectivity index (χ1n) is 8.87. The minimum atomic E-state index is 0.551. The Morgan fingerprint density at radius 3 is 1.70 bits per heavy atom. The first-order valence-corrected chi connectivity index (χ1v) is 8.87. The Kier molecular flexibility index (Phi) is 25.2. The van der Waals surface area contributed by atoms with E-state index >= 15 is 0 Å². The van der Waals surface area contributed by atoms with Gasteiger partial charge in [0.25, 0.3) is 0 Å². The lowest BCUT2D eigenvalue weighted by Gasteiger charge is -2.06. The topological polar surface area (TPSA) is 35.2 Å². The van der Waals surface area contributed by atoms with Crippen molar-refractivity contribution in [2.24, 2.45) is 0 Å². The number of benzene rings is 2. The lowest BCUT2D eigenvalue weighted by atomic mass is 10.2. The van der Waals surface area contributed by atoms with Crippen LogP contribution in [0.15, 0.2) is 54.6 Å². The molecule has 2 rings (SSSR count). The second-order valence-corrected chi connectivity index (χ2v) is 3.35. The summed E-state index contributed by atoms with van der Waals surface area (Å²) in [5.74, 6) is 0.875. The van der Waals surface area contributed by atoms with Crippen LogP contribution in [0.25, 0.3) is 0 Å². The van der Waals surface area contributed by atoms with E-state index in [1.54, 1.807) is 0 Å². The lowest BCUT2D eigenvalue weighted by Crippen LogP contribution is -1.96. The third kappa shape index (κ3) is 14.7. The molecule has 0 unspecified atom stereocenters. The Morgan fingerprint density at radius 2 is 1.22 bits per heavy atom. The van der Waals surface area contributed by atoms with Gasteiger partial charge in [-0.05, 0) is 29.8 Å². The standard InChI is InChI=1S/C13H13NO.4C2H6/c14-12-6-4-5-11(9-12)10-15-13-7-2-1-3-8-13;4*1-2/h1-9H,10,14H2;4*1-2H3. The Hall–Kier alpha value is -1.96. The molecule has 132 valence electrons. The van der Waals surface area contributed by atoms with E-state index < -0.39 is 0 Å². The molecule has 2 aromatic rings. The van der Waals surface area contributed by atoms with Gasteiger partial charge in [-0.15, -0.1) is 0 Å². The molecule has 0 amide bonds. The monoisotopic (exact) mass is 319 g/mol. The van der Waals surface area contributed by atoms with Crippen LogP contribution in [0.5, 0.6) is 5.75 Å². The smallest absolute Gasteiger partial charge is 0.119 e. The van der Waals surface area contributed by atoms with E-state index in [0.29, 0.717) is 6.61 Å². The molecule has 0 radical (unpaired) electrons. The van der Waals surface area contributed by atoms with Crippen LogP contribution in [0.3, 0.4) is 0 Å². The molecule has 2 nitrogen and oxygen atoms in total. The van der Waals surface area contributed by atoms with Crippen LogP contribution >= 0.6 is 0 Å². The van der Waals surface area contributed by atoms with E-state index in [-0.39, 0.29) is 0 Å². The van der Waals surface area contributed by atoms with Crippen molar-refractivity contribution in [2.45, 2.75) is 62.0 Å². The quantitative estimate of drug-likeness (QED) is 0.621. The second-order valence-electron chi connectivity index (χ2n) is 3.35. The highest BCUT2D eigenvalue weighted by molar-refractivity contribution is 5.40. The summed E-state index contributed by atoms with van der Waals surface area (Å²) in [6.45, 7) is 16.6. The van der Waals surface area contributed by atoms with Gasteiger partial charge in [-0.2, -0.15) is 0 Å². The van der Waals surface area contributed by atoms with Crippen LogP contribution in [0.4, 0.5) is 5.69 Å². The van der Waals surface area contributed by atoms with Gasteiger partial charge in [-0.1, -0.05) is 85.7 Å². The minimum absolute atomic E-state index is 0.551. The number of anilines is 1. The van der Waals surface area contributed by atoms with Gasteiger partial charge < -0.3 is 10.5 Å². The SMILES string of the molecule is CC.CC.CC.CC.Nc1cccc(COc2ccccc2)c1. The molecule has 0 spiro atoms. The molecule has 2 aromatic carbocycles. The highest BCUT2D eigenvalue weighted by Crippen LogP contribution is 2.13. The number of ether oxygens (including phenoxy) is 1. The molecule has 0 aliphatic rings. The zero-order chi connectivity index (χ0) is 18.5. The molecule has 0 aromatic heterocycles. The fourth-order valence-corrected chi connectivity index (χ4v) is 1.37. The van der Waals surface area contributed by atoms with Crippen LogP contribution in [0, 0.1) is 0 Å². The predicted molar refractivity (Wildman–Crippen MR) is 107 cm³/mol. The van der Waals surface area contributed by atoms with Gasteiger partial charge in [-0.3, -0.25) is 0 Å². The highest BCUT2D eigenvalue weighted by Gasteiger charge is 1.95. The van der Waals surface area contributed by atoms with Gasteiger partial charge in [-0.25, -0.2) is 0 Å². The maximum atomic E-state index is 5.67. The van der Waals surface area contributed by atoms with E-state index in [2.05, 4.69) is 0 Å². The molecule has 0 aliphatic carbocycles. The number of nitrogen functional groups attached to an aromatic ring is 1. The molecule has 0 saturated heterocycles. The van der Waals surface area contributed by atoms with Crippen molar-refractivity contribution in [3.05, 3.63) is 60.2 Å². The minimum Gasteiger partial charge on any atom is -0.489 e. The molecule has 0 atom stereocenters. The average Bonchev–Trinajstić information content (AvgIpc) is 2.67. The van der Waals surface area contributed by atoms with Gasteiger partial charge in [0, 0.05) is 5.69 Å². The van der Waals surface area contributed by atoms with Crippen LogP contribution in [-0.2, 0) is 6.61 Å².